The van der Waals surface area contributed by atoms with Gasteiger partial charge in [0.05, 0.1) is 0 Å². The quantitative estimate of drug-likeness (QED) is 0.0777. The van der Waals surface area contributed by atoms with Crippen molar-refractivity contribution in [2.75, 3.05) is 0 Å². The van der Waals surface area contributed by atoms with Gasteiger partial charge in [-0.1, -0.05) is 0 Å². The molecule has 8 atom stereocenters. The van der Waals surface area contributed by atoms with Gasteiger partial charge in [0, 0.05) is 0 Å². The van der Waals surface area contributed by atoms with Gasteiger partial charge in [0.25, 0.3) is 0 Å². The fraction of sp³-hybridized carbons (Fsp3) is 0.941. The molecule has 8 unspecified atom stereocenters. The summed E-state index contributed by atoms with van der Waals surface area (Å²) in [5, 5.41) is 0. The predicted octanol–water partition coefficient (Wildman–Crippen LogP) is -1.12. The van der Waals surface area contributed by atoms with Gasteiger partial charge in [0.1, 0.15) is 0 Å². The summed E-state index contributed by atoms with van der Waals surface area (Å²) < 4.78 is 16.8. The number of hydrogen-bond acceptors (Lipinski definition) is 5. The molecule has 3 N–H and O–H groups in total. The Kier molecular flexibility index (Phi) is 2.64. The van der Waals surface area contributed by atoms with Crippen LogP contribution in [0.2, 0.25) is 0 Å². The maximum atomic E-state index is 13.2. The minimum atomic E-state index is -1.10. The van der Waals surface area contributed by atoms with E-state index < -0.39 is 20.4 Å². The van der Waals surface area contributed by atoms with E-state index in [1.54, 1.807) is 0 Å². The Morgan fingerprint density at radius 2 is 1.92 bits per heavy atom. The van der Waals surface area contributed by atoms with Crippen molar-refractivity contribution in [1.82, 2.24) is 10.6 Å². The molecule has 7 aliphatic rings. The summed E-state index contributed by atoms with van der Waals surface area (Å²) in [4.78, 5) is 13.2. The number of esters is 1. The van der Waals surface area contributed by atoms with Crippen LogP contribution in [0.5, 0.6) is 0 Å². The Labute approximate surface area is 160 Å². The Hall–Kier alpha value is 0.810. The molecule has 0 aromatic carbocycles. The van der Waals surface area contributed by atoms with Gasteiger partial charge in [0.2, 0.25) is 0 Å². The number of ether oxygens (including phenoxy) is 1. The Morgan fingerprint density at radius 3 is 2.54 bits per heavy atom. The van der Waals surface area contributed by atoms with E-state index in [0.717, 1.165) is 42.4 Å². The third-order valence-electron chi connectivity index (χ3n) is 8.49. The Bertz CT molecular complexity index is 664. The molecule has 3 heterocycles. The van der Waals surface area contributed by atoms with Crippen molar-refractivity contribution >= 4 is 26.3 Å². The zero-order valence-corrected chi connectivity index (χ0v) is 18.1. The van der Waals surface area contributed by atoms with Crippen molar-refractivity contribution in [2.24, 2.45) is 35.5 Å². The van der Waals surface area contributed by atoms with Crippen LogP contribution >= 0.6 is 20.4 Å². The van der Waals surface area contributed by atoms with E-state index in [-0.39, 0.29) is 40.3 Å². The van der Waals surface area contributed by atoms with E-state index in [9.17, 15) is 4.79 Å². The molecule has 4 bridgehead atoms. The van der Waals surface area contributed by atoms with Gasteiger partial charge >= 0.3 is 162 Å². The first-order chi connectivity index (χ1) is 11.6. The Morgan fingerprint density at radius 1 is 1.21 bits per heavy atom. The molecule has 24 heavy (non-hydrogen) atoms. The first-order valence-electron chi connectivity index (χ1n) is 9.53. The molecule has 0 spiro atoms. The second kappa shape index (κ2) is 4.28. The molecule has 7 heteroatoms. The van der Waals surface area contributed by atoms with Crippen LogP contribution in [0, 0.1) is 35.5 Å². The maximum absolute atomic E-state index is 13.2. The van der Waals surface area contributed by atoms with E-state index in [0.29, 0.717) is 5.92 Å². The van der Waals surface area contributed by atoms with Crippen LogP contribution in [-0.4, -0.2) is 18.8 Å². The number of rotatable bonds is 4. The minimum absolute atomic E-state index is 0.0444. The van der Waals surface area contributed by atoms with Crippen molar-refractivity contribution < 1.29 is 31.0 Å². The monoisotopic (exact) mass is 556 g/mol. The second-order valence-electron chi connectivity index (χ2n) is 9.08. The predicted molar refractivity (Wildman–Crippen MR) is 92.0 cm³/mol. The Balaban J connectivity index is 1.19. The van der Waals surface area contributed by atoms with Crippen molar-refractivity contribution in [2.45, 2.75) is 58.3 Å². The van der Waals surface area contributed by atoms with Crippen LogP contribution < -0.4 is 32.1 Å². The topological polar surface area (TPSA) is 92.1 Å². The molecule has 134 valence electrons. The van der Waals surface area contributed by atoms with Crippen LogP contribution in [-0.2, 0) is 9.53 Å². The SMILES string of the molecule is CCC1(OC(=O)C2(C34NI3N4)N[I-]2)CC2CC1C1C3CCC(C3)C21. The molecule has 0 aromatic heterocycles. The van der Waals surface area contributed by atoms with Crippen molar-refractivity contribution in [3.05, 3.63) is 0 Å². The molecule has 4 aliphatic carbocycles. The molecule has 5 nitrogen and oxygen atoms in total. The van der Waals surface area contributed by atoms with E-state index in [1.165, 1.54) is 25.7 Å². The van der Waals surface area contributed by atoms with Crippen molar-refractivity contribution in [3.63, 3.8) is 0 Å². The molecule has 4 saturated carbocycles. The fourth-order valence-corrected chi connectivity index (χ4v) is 17.5. The van der Waals surface area contributed by atoms with E-state index in [2.05, 4.69) is 17.5 Å². The van der Waals surface area contributed by atoms with Gasteiger partial charge < -0.3 is 0 Å². The molecular formula is C17H24I2N3O2-. The molecule has 0 aromatic rings. The van der Waals surface area contributed by atoms with Crippen LogP contribution in [0.1, 0.15) is 45.4 Å². The zero-order valence-electron chi connectivity index (χ0n) is 13.8. The summed E-state index contributed by atoms with van der Waals surface area (Å²) in [6.07, 6.45) is 7.94. The molecule has 3 saturated heterocycles. The van der Waals surface area contributed by atoms with Gasteiger partial charge in [-0.3, -0.25) is 0 Å². The number of alkyl halides is 2. The van der Waals surface area contributed by atoms with E-state index >= 15 is 0 Å². The number of fused-ring (bicyclic) bond motifs is 10. The van der Waals surface area contributed by atoms with Gasteiger partial charge in [-0.05, 0) is 0 Å². The van der Waals surface area contributed by atoms with Gasteiger partial charge in [-0.2, -0.15) is 0 Å². The van der Waals surface area contributed by atoms with Crippen molar-refractivity contribution in [1.29, 1.82) is 0 Å². The van der Waals surface area contributed by atoms with Gasteiger partial charge in [-0.15, -0.1) is 0 Å². The van der Waals surface area contributed by atoms with Crippen LogP contribution in [0.25, 0.3) is 0 Å². The molecule has 0 amide bonds. The summed E-state index contributed by atoms with van der Waals surface area (Å²) >= 11 is -1.32. The third-order valence-corrected chi connectivity index (χ3v) is 17.0. The normalized spacial score (nSPS) is 61.1. The van der Waals surface area contributed by atoms with Crippen LogP contribution in [0.3, 0.4) is 0 Å². The first kappa shape index (κ1) is 14.8. The number of halogens is 2. The van der Waals surface area contributed by atoms with E-state index in [1.807, 2.05) is 0 Å². The first-order valence-corrected chi connectivity index (χ1v) is 14.9. The fourth-order valence-electron chi connectivity index (χ4n) is 7.43. The number of hydrogen-bond donors (Lipinski definition) is 3. The molecule has 0 radical (unpaired) electrons. The standard InChI is InChI=1S/C17H24I2N3O2/c1-2-15(24-14(23)16(18-20-16)17-19(21-17)22-17)7-10-6-11(15)13-9-4-3-8(5-9)12(10)13/h8-13,20-22H,2-7H2,1H3/q-1. The third kappa shape index (κ3) is 1.51. The molecule has 3 aliphatic heterocycles. The molecule has 7 rings (SSSR count). The summed E-state index contributed by atoms with van der Waals surface area (Å²) in [5.74, 6) is 5.44. The van der Waals surface area contributed by atoms with Crippen molar-refractivity contribution in [3.8, 4) is 0 Å². The number of carbonyl (C=O) groups is 1. The number of nitrogens with one attached hydrogen (secondary N) is 3. The number of carbonyl (C=O) groups excluding carboxylic acids is 1. The average Bonchev–Trinajstić information content (AvgIpc) is 3.46. The van der Waals surface area contributed by atoms with E-state index in [4.69, 9.17) is 4.74 Å². The van der Waals surface area contributed by atoms with Crippen LogP contribution in [0.15, 0.2) is 0 Å². The average molecular weight is 556 g/mol. The molecule has 7 fully saturated rings. The second-order valence-corrected chi connectivity index (χ2v) is 16.1. The zero-order chi connectivity index (χ0) is 15.9. The van der Waals surface area contributed by atoms with Crippen LogP contribution in [0.4, 0.5) is 0 Å². The summed E-state index contributed by atoms with van der Waals surface area (Å²) in [5.41, 5.74) is -0.131. The van der Waals surface area contributed by atoms with Gasteiger partial charge in [0.15, 0.2) is 0 Å². The summed E-state index contributed by atoms with van der Waals surface area (Å²) in [6.45, 7) is 2.26. The molecular weight excluding hydrogens is 532 g/mol. The van der Waals surface area contributed by atoms with Gasteiger partial charge in [-0.25, -0.2) is 0 Å². The summed E-state index contributed by atoms with van der Waals surface area (Å²) in [7, 11) is 0. The summed E-state index contributed by atoms with van der Waals surface area (Å²) in [6, 6.07) is 0.